The van der Waals surface area contributed by atoms with E-state index in [1.54, 1.807) is 39.0 Å². The summed E-state index contributed by atoms with van der Waals surface area (Å²) in [5.41, 5.74) is 2.29. The van der Waals surface area contributed by atoms with E-state index < -0.39 is 15.2 Å². The Bertz CT molecular complexity index is 1080. The molecule has 3 aromatic rings. The summed E-state index contributed by atoms with van der Waals surface area (Å²) >= 11 is 6.23. The summed E-state index contributed by atoms with van der Waals surface area (Å²) in [5.74, 6) is 0.508. The summed E-state index contributed by atoms with van der Waals surface area (Å²) in [5, 5.41) is 3.89. The maximum atomic E-state index is 12.7. The Balaban J connectivity index is 2.10. The Hall–Kier alpha value is -2.39. The van der Waals surface area contributed by atoms with Gasteiger partial charge in [0.15, 0.2) is 0 Å². The number of aromatic nitrogens is 4. The lowest BCUT2D eigenvalue weighted by Gasteiger charge is -2.13. The van der Waals surface area contributed by atoms with E-state index in [0.717, 1.165) is 11.4 Å². The van der Waals surface area contributed by atoms with Crippen LogP contribution in [0.3, 0.4) is 0 Å². The number of sulfonamides is 1. The van der Waals surface area contributed by atoms with E-state index in [2.05, 4.69) is 19.8 Å². The quantitative estimate of drug-likeness (QED) is 0.745. The Morgan fingerprint density at radius 1 is 1.20 bits per heavy atom. The van der Waals surface area contributed by atoms with Crippen LogP contribution in [0.1, 0.15) is 17.0 Å². The number of hydrogen-bond donors (Lipinski definition) is 1. The molecule has 0 aliphatic carbocycles. The molecule has 0 fully saturated rings. The lowest BCUT2D eigenvalue weighted by molar-refractivity contribution is 0.417. The number of nitrogens with zero attached hydrogens (tertiary/aromatic N) is 4. The summed E-state index contributed by atoms with van der Waals surface area (Å²) in [6.45, 7) is 5.35. The molecule has 0 saturated carbocycles. The Labute approximate surface area is 149 Å². The number of aryl methyl sites for hydroxylation is 3. The van der Waals surface area contributed by atoms with Gasteiger partial charge in [-0.05, 0) is 38.5 Å². The van der Waals surface area contributed by atoms with Gasteiger partial charge in [-0.15, -0.1) is 5.10 Å². The van der Waals surface area contributed by atoms with Crippen LogP contribution in [-0.4, -0.2) is 35.1 Å². The molecule has 0 amide bonds. The normalized spacial score (nSPS) is 11.7. The van der Waals surface area contributed by atoms with Crippen molar-refractivity contribution in [3.63, 3.8) is 0 Å². The van der Waals surface area contributed by atoms with Gasteiger partial charge in [0.2, 0.25) is 0 Å². The first-order chi connectivity index (χ1) is 11.7. The number of anilines is 1. The zero-order valence-corrected chi connectivity index (χ0v) is 15.6. The third kappa shape index (κ3) is 3.12. The minimum atomic E-state index is -4.07. The van der Waals surface area contributed by atoms with Crippen molar-refractivity contribution in [3.05, 3.63) is 40.2 Å². The SMILES string of the molecule is COc1ccc(C)c(Cl)c1NS(=O)(=O)c1nc2nc(C)cc(C)n2n1. The zero-order chi connectivity index (χ0) is 18.4. The fourth-order valence-electron chi connectivity index (χ4n) is 2.37. The number of nitrogens with one attached hydrogen (secondary N) is 1. The molecule has 0 unspecified atom stereocenters. The first-order valence-corrected chi connectivity index (χ1v) is 9.16. The minimum Gasteiger partial charge on any atom is -0.495 e. The molecule has 0 aliphatic heterocycles. The molecule has 10 heteroatoms. The van der Waals surface area contributed by atoms with Gasteiger partial charge in [0.1, 0.15) is 11.4 Å². The third-order valence-corrected chi connectivity index (χ3v) is 5.21. The van der Waals surface area contributed by atoms with Crippen LogP contribution in [0, 0.1) is 20.8 Å². The molecule has 2 aromatic heterocycles. The smallest absolute Gasteiger partial charge is 0.299 e. The minimum absolute atomic E-state index is 0.142. The maximum Gasteiger partial charge on any atom is 0.299 e. The van der Waals surface area contributed by atoms with Crippen LogP contribution < -0.4 is 9.46 Å². The molecule has 0 radical (unpaired) electrons. The van der Waals surface area contributed by atoms with Crippen LogP contribution in [0.5, 0.6) is 5.75 Å². The molecule has 0 saturated heterocycles. The standard InChI is InChI=1S/C15H16ClN5O3S/c1-8-5-6-11(24-4)13(12(8)16)20-25(22,23)15-18-14-17-9(2)7-10(3)21(14)19-15/h5-7,20H,1-4H3. The molecule has 0 bridgehead atoms. The second-order valence-electron chi connectivity index (χ2n) is 5.52. The van der Waals surface area contributed by atoms with Gasteiger partial charge in [0.25, 0.3) is 21.0 Å². The van der Waals surface area contributed by atoms with E-state index in [0.29, 0.717) is 11.3 Å². The second-order valence-corrected chi connectivity index (χ2v) is 7.48. The van der Waals surface area contributed by atoms with Crippen LogP contribution in [0.2, 0.25) is 5.02 Å². The highest BCUT2D eigenvalue weighted by Gasteiger charge is 2.25. The van der Waals surface area contributed by atoms with Gasteiger partial charge in [-0.3, -0.25) is 4.72 Å². The van der Waals surface area contributed by atoms with Crippen LogP contribution in [-0.2, 0) is 10.0 Å². The fourth-order valence-corrected chi connectivity index (χ4v) is 3.58. The lowest BCUT2D eigenvalue weighted by Crippen LogP contribution is -2.16. The lowest BCUT2D eigenvalue weighted by atomic mass is 10.2. The summed E-state index contributed by atoms with van der Waals surface area (Å²) in [7, 11) is -2.65. The van der Waals surface area contributed by atoms with E-state index in [1.165, 1.54) is 11.6 Å². The van der Waals surface area contributed by atoms with E-state index in [-0.39, 0.29) is 16.5 Å². The van der Waals surface area contributed by atoms with Crippen LogP contribution in [0.15, 0.2) is 23.4 Å². The second kappa shape index (κ2) is 6.16. The Morgan fingerprint density at radius 2 is 1.92 bits per heavy atom. The third-order valence-electron chi connectivity index (χ3n) is 3.59. The Morgan fingerprint density at radius 3 is 2.60 bits per heavy atom. The molecule has 0 spiro atoms. The van der Waals surface area contributed by atoms with Crippen LogP contribution >= 0.6 is 11.6 Å². The molecule has 3 rings (SSSR count). The van der Waals surface area contributed by atoms with Gasteiger partial charge in [-0.1, -0.05) is 17.7 Å². The van der Waals surface area contributed by atoms with Crippen LogP contribution in [0.25, 0.3) is 5.78 Å². The molecule has 0 aliphatic rings. The van der Waals surface area contributed by atoms with E-state index in [1.807, 2.05) is 0 Å². The van der Waals surface area contributed by atoms with Gasteiger partial charge < -0.3 is 4.74 Å². The summed E-state index contributed by atoms with van der Waals surface area (Å²) < 4.78 is 34.4. The molecule has 0 atom stereocenters. The van der Waals surface area contributed by atoms with Gasteiger partial charge in [-0.2, -0.15) is 13.4 Å². The summed E-state index contributed by atoms with van der Waals surface area (Å²) in [6.07, 6.45) is 0. The number of ether oxygens (including phenoxy) is 1. The fraction of sp³-hybridized carbons (Fsp3) is 0.267. The molecular weight excluding hydrogens is 366 g/mol. The van der Waals surface area contributed by atoms with Gasteiger partial charge in [0.05, 0.1) is 12.1 Å². The first kappa shape index (κ1) is 17.4. The predicted molar refractivity (Wildman–Crippen MR) is 93.8 cm³/mol. The number of methoxy groups -OCH3 is 1. The molecule has 8 nitrogen and oxygen atoms in total. The highest BCUT2D eigenvalue weighted by molar-refractivity contribution is 7.92. The van der Waals surface area contributed by atoms with Crippen molar-refractivity contribution in [2.75, 3.05) is 11.8 Å². The highest BCUT2D eigenvalue weighted by Crippen LogP contribution is 2.36. The maximum absolute atomic E-state index is 12.7. The van der Waals surface area contributed by atoms with Gasteiger partial charge in [0, 0.05) is 11.4 Å². The van der Waals surface area contributed by atoms with Crippen LogP contribution in [0.4, 0.5) is 5.69 Å². The summed E-state index contributed by atoms with van der Waals surface area (Å²) in [4.78, 5) is 8.21. The van der Waals surface area contributed by atoms with Crippen molar-refractivity contribution in [2.45, 2.75) is 25.9 Å². The first-order valence-electron chi connectivity index (χ1n) is 7.30. The molecule has 1 N–H and O–H groups in total. The number of halogens is 1. The summed E-state index contributed by atoms with van der Waals surface area (Å²) in [6, 6.07) is 5.15. The van der Waals surface area contributed by atoms with Crippen molar-refractivity contribution in [2.24, 2.45) is 0 Å². The monoisotopic (exact) mass is 381 g/mol. The number of benzene rings is 1. The molecule has 2 heterocycles. The largest absolute Gasteiger partial charge is 0.495 e. The van der Waals surface area contributed by atoms with Crippen molar-refractivity contribution in [1.29, 1.82) is 0 Å². The Kier molecular flexibility index (Phi) is 4.29. The average molecular weight is 382 g/mol. The van der Waals surface area contributed by atoms with E-state index in [9.17, 15) is 8.42 Å². The predicted octanol–water partition coefficient (Wildman–Crippen LogP) is 2.51. The number of fused-ring (bicyclic) bond motifs is 1. The topological polar surface area (TPSA) is 98.5 Å². The molecular formula is C15H16ClN5O3S. The van der Waals surface area contributed by atoms with E-state index in [4.69, 9.17) is 16.3 Å². The average Bonchev–Trinajstić information content (AvgIpc) is 2.97. The van der Waals surface area contributed by atoms with Crippen molar-refractivity contribution in [1.82, 2.24) is 19.6 Å². The van der Waals surface area contributed by atoms with E-state index >= 15 is 0 Å². The number of rotatable bonds is 4. The molecule has 1 aromatic carbocycles. The highest BCUT2D eigenvalue weighted by atomic mass is 35.5. The number of hydrogen-bond acceptors (Lipinski definition) is 6. The van der Waals surface area contributed by atoms with Gasteiger partial charge in [-0.25, -0.2) is 9.50 Å². The van der Waals surface area contributed by atoms with Crippen molar-refractivity contribution >= 4 is 33.1 Å². The zero-order valence-electron chi connectivity index (χ0n) is 14.0. The van der Waals surface area contributed by atoms with Crippen molar-refractivity contribution < 1.29 is 13.2 Å². The molecule has 25 heavy (non-hydrogen) atoms. The van der Waals surface area contributed by atoms with Crippen molar-refractivity contribution in [3.8, 4) is 5.75 Å². The van der Waals surface area contributed by atoms with Gasteiger partial charge >= 0.3 is 0 Å². The molecule has 132 valence electrons.